The van der Waals surface area contributed by atoms with Gasteiger partial charge in [0.1, 0.15) is 16.4 Å². The molecule has 248 valence electrons. The Balaban J connectivity index is 1.31. The van der Waals surface area contributed by atoms with Crippen molar-refractivity contribution in [2.24, 2.45) is 0 Å². The first-order valence-corrected chi connectivity index (χ1v) is 17.4. The van der Waals surface area contributed by atoms with Crippen LogP contribution in [-0.4, -0.2) is 42.7 Å². The first-order valence-electron chi connectivity index (χ1n) is 15.7. The lowest BCUT2D eigenvalue weighted by Crippen LogP contribution is -2.30. The fourth-order valence-electron chi connectivity index (χ4n) is 5.27. The SMILES string of the molecule is CCOC(=O)c1c(NC(=O)C(C)Sc2cccc(NC(=O)/C(=C\c3ccccc3OC)NC(=O)c3ccccc3)c2)sc2c1CCCC2. The summed E-state index contributed by atoms with van der Waals surface area (Å²) in [6.45, 7) is 3.81. The van der Waals surface area contributed by atoms with Crippen LogP contribution in [0.3, 0.4) is 0 Å². The van der Waals surface area contributed by atoms with Crippen LogP contribution < -0.4 is 20.7 Å². The summed E-state index contributed by atoms with van der Waals surface area (Å²) in [5, 5.41) is 8.61. The van der Waals surface area contributed by atoms with Crippen LogP contribution in [0.4, 0.5) is 10.7 Å². The Labute approximate surface area is 288 Å². The average molecular weight is 684 g/mol. The Morgan fingerprint density at radius 3 is 2.46 bits per heavy atom. The number of anilines is 2. The van der Waals surface area contributed by atoms with E-state index in [-0.39, 0.29) is 18.2 Å². The molecule has 1 aliphatic rings. The quantitative estimate of drug-likeness (QED) is 0.0811. The molecule has 5 rings (SSSR count). The molecule has 4 aromatic rings. The second kappa shape index (κ2) is 16.3. The third-order valence-electron chi connectivity index (χ3n) is 7.63. The van der Waals surface area contributed by atoms with Crippen molar-refractivity contribution in [3.05, 3.63) is 112 Å². The molecule has 9 nitrogen and oxygen atoms in total. The topological polar surface area (TPSA) is 123 Å². The lowest BCUT2D eigenvalue weighted by atomic mass is 9.95. The van der Waals surface area contributed by atoms with Gasteiger partial charge in [0.2, 0.25) is 5.91 Å². The summed E-state index contributed by atoms with van der Waals surface area (Å²) in [7, 11) is 1.53. The number of fused-ring (bicyclic) bond motifs is 1. The number of para-hydroxylation sites is 1. The highest BCUT2D eigenvalue weighted by Crippen LogP contribution is 2.39. The fraction of sp³-hybridized carbons (Fsp3) is 0.243. The minimum absolute atomic E-state index is 0.0233. The highest BCUT2D eigenvalue weighted by molar-refractivity contribution is 8.00. The lowest BCUT2D eigenvalue weighted by Gasteiger charge is -2.15. The second-order valence-electron chi connectivity index (χ2n) is 11.0. The van der Waals surface area contributed by atoms with E-state index < -0.39 is 23.0 Å². The minimum atomic E-state index is -0.536. The van der Waals surface area contributed by atoms with E-state index in [1.807, 2.05) is 18.2 Å². The van der Waals surface area contributed by atoms with E-state index in [1.54, 1.807) is 80.6 Å². The monoisotopic (exact) mass is 683 g/mol. The maximum absolute atomic E-state index is 13.6. The van der Waals surface area contributed by atoms with Crippen LogP contribution >= 0.6 is 23.1 Å². The first kappa shape index (κ1) is 34.5. The number of amides is 3. The van der Waals surface area contributed by atoms with Crippen LogP contribution in [0.15, 0.2) is 89.5 Å². The number of esters is 1. The van der Waals surface area contributed by atoms with Gasteiger partial charge in [-0.3, -0.25) is 14.4 Å². The van der Waals surface area contributed by atoms with Gasteiger partial charge >= 0.3 is 5.97 Å². The summed E-state index contributed by atoms with van der Waals surface area (Å²) in [5.41, 5.74) is 2.98. The van der Waals surface area contributed by atoms with Crippen molar-refractivity contribution in [3.8, 4) is 5.75 Å². The summed E-state index contributed by atoms with van der Waals surface area (Å²) in [6, 6.07) is 22.9. The number of rotatable bonds is 12. The third-order valence-corrected chi connectivity index (χ3v) is 9.93. The molecule has 1 heterocycles. The molecular weight excluding hydrogens is 647 g/mol. The van der Waals surface area contributed by atoms with E-state index in [9.17, 15) is 19.2 Å². The summed E-state index contributed by atoms with van der Waals surface area (Å²) in [5.74, 6) is -1.08. The van der Waals surface area contributed by atoms with Gasteiger partial charge in [-0.15, -0.1) is 23.1 Å². The normalized spacial score (nSPS) is 13.1. The number of hydrogen-bond acceptors (Lipinski definition) is 8. The molecule has 0 saturated heterocycles. The van der Waals surface area contributed by atoms with Gasteiger partial charge in [0.15, 0.2) is 0 Å². The molecule has 1 atom stereocenters. The zero-order valence-electron chi connectivity index (χ0n) is 27.0. The average Bonchev–Trinajstić information content (AvgIpc) is 3.46. The molecule has 0 spiro atoms. The molecule has 1 aromatic heterocycles. The van der Waals surface area contributed by atoms with Crippen LogP contribution in [0.1, 0.15) is 63.4 Å². The molecule has 11 heteroatoms. The fourth-order valence-corrected chi connectivity index (χ4v) is 7.48. The molecule has 3 N–H and O–H groups in total. The maximum Gasteiger partial charge on any atom is 0.341 e. The molecule has 3 aromatic carbocycles. The number of carbonyl (C=O) groups excluding carboxylic acids is 4. The first-order chi connectivity index (χ1) is 23.3. The smallest absolute Gasteiger partial charge is 0.341 e. The van der Waals surface area contributed by atoms with Gasteiger partial charge in [-0.25, -0.2) is 4.79 Å². The highest BCUT2D eigenvalue weighted by Gasteiger charge is 2.28. The number of thiophene rings is 1. The molecule has 0 saturated carbocycles. The van der Waals surface area contributed by atoms with Crippen molar-refractivity contribution in [2.75, 3.05) is 24.4 Å². The standard InChI is InChI=1S/C37H37N3O6S2/c1-4-46-37(44)32-28-18-9-11-20-31(28)48-36(32)40-33(41)23(2)47-27-17-12-16-26(22-27)38-35(43)29(21-25-15-8-10-19-30(25)45-3)39-34(42)24-13-6-5-7-14-24/h5-8,10,12-17,19,21-23H,4,9,11,18,20H2,1-3H3,(H,38,43)(H,39,42)(H,40,41)/b29-21+. The highest BCUT2D eigenvalue weighted by atomic mass is 32.2. The number of carbonyl (C=O) groups is 4. The largest absolute Gasteiger partial charge is 0.496 e. The molecule has 3 amide bonds. The van der Waals surface area contributed by atoms with Crippen LogP contribution in [-0.2, 0) is 27.2 Å². The van der Waals surface area contributed by atoms with E-state index in [4.69, 9.17) is 9.47 Å². The predicted molar refractivity (Wildman–Crippen MR) is 191 cm³/mol. The minimum Gasteiger partial charge on any atom is -0.496 e. The van der Waals surface area contributed by atoms with Crippen molar-refractivity contribution < 1.29 is 28.7 Å². The number of aryl methyl sites for hydroxylation is 1. The Morgan fingerprint density at radius 2 is 1.69 bits per heavy atom. The number of thioether (sulfide) groups is 1. The zero-order valence-corrected chi connectivity index (χ0v) is 28.6. The van der Waals surface area contributed by atoms with E-state index >= 15 is 0 Å². The number of hydrogen-bond donors (Lipinski definition) is 3. The number of ether oxygens (including phenoxy) is 2. The van der Waals surface area contributed by atoms with Crippen LogP contribution in [0, 0.1) is 0 Å². The van der Waals surface area contributed by atoms with Gasteiger partial charge in [0, 0.05) is 26.6 Å². The summed E-state index contributed by atoms with van der Waals surface area (Å²) in [4.78, 5) is 54.7. The van der Waals surface area contributed by atoms with E-state index in [2.05, 4.69) is 16.0 Å². The zero-order chi connectivity index (χ0) is 34.0. The Morgan fingerprint density at radius 1 is 0.938 bits per heavy atom. The molecule has 0 bridgehead atoms. The van der Waals surface area contributed by atoms with E-state index in [1.165, 1.54) is 30.2 Å². The van der Waals surface area contributed by atoms with Crippen molar-refractivity contribution in [2.45, 2.75) is 49.7 Å². The van der Waals surface area contributed by atoms with Crippen LogP contribution in [0.25, 0.3) is 6.08 Å². The van der Waals surface area contributed by atoms with Crippen molar-refractivity contribution in [1.82, 2.24) is 5.32 Å². The third kappa shape index (κ3) is 8.53. The number of nitrogens with one attached hydrogen (secondary N) is 3. The van der Waals surface area contributed by atoms with Gasteiger partial charge in [-0.05, 0) is 87.6 Å². The van der Waals surface area contributed by atoms with Crippen LogP contribution in [0.2, 0.25) is 0 Å². The lowest BCUT2D eigenvalue weighted by molar-refractivity contribution is -0.115. The molecule has 1 aliphatic carbocycles. The predicted octanol–water partition coefficient (Wildman–Crippen LogP) is 7.34. The Kier molecular flexibility index (Phi) is 11.7. The van der Waals surface area contributed by atoms with Crippen molar-refractivity contribution in [1.29, 1.82) is 0 Å². The van der Waals surface area contributed by atoms with E-state index in [0.29, 0.717) is 33.1 Å². The van der Waals surface area contributed by atoms with Gasteiger partial charge in [0.25, 0.3) is 11.8 Å². The van der Waals surface area contributed by atoms with Gasteiger partial charge in [-0.1, -0.05) is 42.5 Å². The number of methoxy groups -OCH3 is 1. The summed E-state index contributed by atoms with van der Waals surface area (Å²) in [6.07, 6.45) is 5.30. The van der Waals surface area contributed by atoms with Crippen molar-refractivity contribution in [3.63, 3.8) is 0 Å². The molecule has 0 fully saturated rings. The van der Waals surface area contributed by atoms with Crippen LogP contribution in [0.5, 0.6) is 5.75 Å². The second-order valence-corrected chi connectivity index (χ2v) is 13.5. The van der Waals surface area contributed by atoms with Gasteiger partial charge < -0.3 is 25.4 Å². The molecule has 0 radical (unpaired) electrons. The molecule has 48 heavy (non-hydrogen) atoms. The molecular formula is C37H37N3O6S2. The maximum atomic E-state index is 13.6. The molecule has 1 unspecified atom stereocenters. The van der Waals surface area contributed by atoms with Gasteiger partial charge in [-0.2, -0.15) is 0 Å². The Bertz CT molecular complexity index is 1840. The number of benzene rings is 3. The molecule has 0 aliphatic heterocycles. The van der Waals surface area contributed by atoms with Gasteiger partial charge in [0.05, 0.1) is 24.5 Å². The summed E-state index contributed by atoms with van der Waals surface area (Å²) >= 11 is 2.77. The van der Waals surface area contributed by atoms with E-state index in [0.717, 1.165) is 41.0 Å². The Hall–Kier alpha value is -4.87. The van der Waals surface area contributed by atoms with Crippen molar-refractivity contribution >= 4 is 63.6 Å². The summed E-state index contributed by atoms with van der Waals surface area (Å²) < 4.78 is 10.8.